The van der Waals surface area contributed by atoms with E-state index < -0.39 is 158 Å². The van der Waals surface area contributed by atoms with Crippen molar-refractivity contribution in [2.45, 2.75) is 190 Å². The number of fused-ring (bicyclic) bond motifs is 1. The number of aliphatic hydroxyl groups excluding tert-OH is 2. The predicted molar refractivity (Wildman–Crippen MR) is 264 cm³/mol. The third-order valence-electron chi connectivity index (χ3n) is 12.8. The normalized spacial score (nSPS) is 24.6. The standard InChI is InChI=1S/C49H76N10O15/c1-3-4-5-6-7-8-9-10-11-12-14-30-24-40(65)53-34(25-38(50)63)45(70)55-33(23-29-16-18-31(62)19-17-29)44(69)56-35(26-39(51)64)49(74)59-22-13-15-37(59)47(72)54-32(20-21-41(66)67)43(68)57-36(27-60)46(71)58-42(28(2)61)48(73)52-30/h16-19,28,30,32-37,42,60-62H,3-15,20-27H2,1-2H3,(H2,50,63)(H2,51,64)(H,52,73)(H,53,65)(H,54,72)(H,55,70)(H,56,69)(H,57,68)(H,58,71)(H,66,67). The molecule has 25 nitrogen and oxygen atoms in total. The lowest BCUT2D eigenvalue weighted by molar-refractivity contribution is -0.143. The Kier molecular flexibility index (Phi) is 26.3. The van der Waals surface area contributed by atoms with Crippen LogP contribution < -0.4 is 48.7 Å². The third kappa shape index (κ3) is 21.3. The smallest absolute Gasteiger partial charge is 0.303 e. The van der Waals surface area contributed by atoms with Gasteiger partial charge >= 0.3 is 5.97 Å². The Bertz CT molecular complexity index is 2110. The number of aliphatic hydroxyl groups is 2. The highest BCUT2D eigenvalue weighted by atomic mass is 16.4. The number of hydrogen-bond acceptors (Lipinski definition) is 14. The summed E-state index contributed by atoms with van der Waals surface area (Å²) in [7, 11) is 0. The topological polar surface area (TPSA) is 408 Å². The van der Waals surface area contributed by atoms with E-state index >= 15 is 0 Å². The van der Waals surface area contributed by atoms with E-state index in [0.29, 0.717) is 18.4 Å². The molecule has 2 fully saturated rings. The number of benzene rings is 1. The van der Waals surface area contributed by atoms with Gasteiger partial charge in [-0.1, -0.05) is 83.3 Å². The molecule has 0 bridgehead atoms. The fourth-order valence-electron chi connectivity index (χ4n) is 8.74. The van der Waals surface area contributed by atoms with Gasteiger partial charge in [0.15, 0.2) is 0 Å². The van der Waals surface area contributed by atoms with Crippen molar-refractivity contribution in [2.75, 3.05) is 13.2 Å². The Balaban J connectivity index is 2.10. The van der Waals surface area contributed by atoms with Crippen LogP contribution in [0.4, 0.5) is 0 Å². The van der Waals surface area contributed by atoms with Gasteiger partial charge < -0.3 is 74.0 Å². The number of aromatic hydroxyl groups is 1. The molecule has 10 amide bonds. The quantitative estimate of drug-likeness (QED) is 0.0560. The van der Waals surface area contributed by atoms with E-state index in [9.17, 15) is 73.2 Å². The van der Waals surface area contributed by atoms with Crippen molar-refractivity contribution in [1.82, 2.24) is 42.1 Å². The molecule has 1 aromatic rings. The zero-order valence-electron chi connectivity index (χ0n) is 42.2. The van der Waals surface area contributed by atoms with Gasteiger partial charge in [-0.2, -0.15) is 0 Å². The van der Waals surface area contributed by atoms with Crippen molar-refractivity contribution in [3.8, 4) is 5.75 Å². The van der Waals surface area contributed by atoms with Crippen LogP contribution in [-0.2, 0) is 59.2 Å². The molecule has 0 radical (unpaired) electrons. The van der Waals surface area contributed by atoms with E-state index in [1.165, 1.54) is 37.6 Å². The zero-order chi connectivity index (χ0) is 54.9. The average molecular weight is 1050 g/mol. The monoisotopic (exact) mass is 1040 g/mol. The minimum Gasteiger partial charge on any atom is -0.508 e. The molecule has 25 heteroatoms. The zero-order valence-corrected chi connectivity index (χ0v) is 42.2. The lowest BCUT2D eigenvalue weighted by Gasteiger charge is -2.30. The van der Waals surface area contributed by atoms with E-state index in [1.54, 1.807) is 0 Å². The van der Waals surface area contributed by atoms with Crippen LogP contribution in [0.15, 0.2) is 24.3 Å². The maximum Gasteiger partial charge on any atom is 0.303 e. The fourth-order valence-corrected chi connectivity index (χ4v) is 8.74. The largest absolute Gasteiger partial charge is 0.508 e. The van der Waals surface area contributed by atoms with Crippen molar-refractivity contribution in [1.29, 1.82) is 0 Å². The summed E-state index contributed by atoms with van der Waals surface area (Å²) in [5, 5.41) is 57.4. The molecule has 2 aliphatic rings. The molecule has 412 valence electrons. The number of amides is 10. The van der Waals surface area contributed by atoms with E-state index in [2.05, 4.69) is 44.1 Å². The van der Waals surface area contributed by atoms with Gasteiger partial charge in [-0.05, 0) is 50.3 Å². The van der Waals surface area contributed by atoms with Gasteiger partial charge in [0.05, 0.1) is 25.6 Å². The van der Waals surface area contributed by atoms with Crippen LogP contribution in [-0.4, -0.2) is 158 Å². The molecule has 3 rings (SSSR count). The number of unbranched alkanes of at least 4 members (excludes halogenated alkanes) is 9. The van der Waals surface area contributed by atoms with Crippen LogP contribution in [0.5, 0.6) is 5.75 Å². The number of phenols is 1. The molecule has 0 aliphatic carbocycles. The highest BCUT2D eigenvalue weighted by Crippen LogP contribution is 2.21. The first kappa shape index (κ1) is 61.4. The summed E-state index contributed by atoms with van der Waals surface area (Å²) in [6.07, 6.45) is 4.80. The first-order valence-electron chi connectivity index (χ1n) is 25.4. The molecule has 9 atom stereocenters. The van der Waals surface area contributed by atoms with Crippen molar-refractivity contribution in [2.24, 2.45) is 11.5 Å². The number of primary amides is 2. The van der Waals surface area contributed by atoms with Crippen LogP contribution >= 0.6 is 0 Å². The number of carboxylic acids is 1. The maximum absolute atomic E-state index is 14.3. The Hall–Kier alpha value is -6.89. The summed E-state index contributed by atoms with van der Waals surface area (Å²) >= 11 is 0. The number of carboxylic acid groups (broad SMARTS) is 1. The van der Waals surface area contributed by atoms with E-state index in [-0.39, 0.29) is 38.0 Å². The number of hydrogen-bond donors (Lipinski definition) is 13. The average Bonchev–Trinajstić information content (AvgIpc) is 3.83. The Morgan fingerprint density at radius 1 is 0.649 bits per heavy atom. The van der Waals surface area contributed by atoms with Gasteiger partial charge in [-0.25, -0.2) is 0 Å². The fraction of sp³-hybridized carbons (Fsp3) is 0.653. The lowest BCUT2D eigenvalue weighted by Crippen LogP contribution is -2.61. The first-order valence-corrected chi connectivity index (χ1v) is 25.4. The number of carbonyl (C=O) groups is 11. The summed E-state index contributed by atoms with van der Waals surface area (Å²) in [5.41, 5.74) is 11.4. The molecule has 0 aromatic heterocycles. The Morgan fingerprint density at radius 2 is 1.18 bits per heavy atom. The number of carbonyl (C=O) groups excluding carboxylic acids is 10. The van der Waals surface area contributed by atoms with Crippen molar-refractivity contribution in [3.63, 3.8) is 0 Å². The van der Waals surface area contributed by atoms with Crippen molar-refractivity contribution in [3.05, 3.63) is 29.8 Å². The molecule has 2 saturated heterocycles. The van der Waals surface area contributed by atoms with Crippen LogP contribution in [0.3, 0.4) is 0 Å². The third-order valence-corrected chi connectivity index (χ3v) is 12.8. The van der Waals surface area contributed by atoms with E-state index in [0.717, 1.165) is 49.8 Å². The minimum absolute atomic E-state index is 0.0147. The van der Waals surface area contributed by atoms with Crippen LogP contribution in [0, 0.1) is 0 Å². The van der Waals surface area contributed by atoms with Gasteiger partial charge in [0.2, 0.25) is 59.1 Å². The summed E-state index contributed by atoms with van der Waals surface area (Å²) < 4.78 is 0. The Morgan fingerprint density at radius 3 is 1.76 bits per heavy atom. The SMILES string of the molecule is CCCCCCCCCCCCC1CC(=O)NC(CC(N)=O)C(=O)NC(Cc2ccc(O)cc2)C(=O)NC(CC(N)=O)C(=O)N2CCCC2C(=O)NC(CCC(=O)O)C(=O)NC(CO)C(=O)NC(C(C)O)C(=O)N1. The molecule has 2 heterocycles. The summed E-state index contributed by atoms with van der Waals surface area (Å²) in [4.78, 5) is 149. The molecule has 74 heavy (non-hydrogen) atoms. The Labute approximate surface area is 429 Å². The van der Waals surface area contributed by atoms with Crippen LogP contribution in [0.1, 0.15) is 135 Å². The molecule has 0 spiro atoms. The second kappa shape index (κ2) is 31.6. The predicted octanol–water partition coefficient (Wildman–Crippen LogP) is -1.98. The number of rotatable bonds is 22. The second-order valence-electron chi connectivity index (χ2n) is 19.0. The number of nitrogens with two attached hydrogens (primary N) is 2. The number of nitrogens with one attached hydrogen (secondary N) is 7. The lowest BCUT2D eigenvalue weighted by atomic mass is 10.0. The van der Waals surface area contributed by atoms with Gasteiger partial charge in [0.1, 0.15) is 48.0 Å². The summed E-state index contributed by atoms with van der Waals surface area (Å²) in [6, 6.07) is -7.32. The van der Waals surface area contributed by atoms with E-state index in [4.69, 9.17) is 11.5 Å². The summed E-state index contributed by atoms with van der Waals surface area (Å²) in [6.45, 7) is 2.12. The molecule has 1 aromatic carbocycles. The van der Waals surface area contributed by atoms with Crippen molar-refractivity contribution < 1.29 is 73.2 Å². The number of nitrogens with zero attached hydrogens (tertiary/aromatic N) is 1. The second-order valence-corrected chi connectivity index (χ2v) is 19.0. The van der Waals surface area contributed by atoms with E-state index in [1.807, 2.05) is 0 Å². The summed E-state index contributed by atoms with van der Waals surface area (Å²) in [5.74, 6) is -11.9. The molecular weight excluding hydrogens is 969 g/mol. The molecule has 15 N–H and O–H groups in total. The van der Waals surface area contributed by atoms with Gasteiger partial charge in [0.25, 0.3) is 0 Å². The highest BCUT2D eigenvalue weighted by Gasteiger charge is 2.41. The minimum atomic E-state index is -1.84. The number of aliphatic carboxylic acids is 1. The van der Waals surface area contributed by atoms with Crippen LogP contribution in [0.2, 0.25) is 0 Å². The van der Waals surface area contributed by atoms with Gasteiger partial charge in [-0.3, -0.25) is 52.7 Å². The van der Waals surface area contributed by atoms with Gasteiger partial charge in [0, 0.05) is 31.8 Å². The van der Waals surface area contributed by atoms with Crippen LogP contribution in [0.25, 0.3) is 0 Å². The van der Waals surface area contributed by atoms with Gasteiger partial charge in [-0.15, -0.1) is 0 Å². The number of phenolic OH excluding ortho intramolecular Hbond substituents is 1. The molecular formula is C49H76N10O15. The maximum atomic E-state index is 14.3. The van der Waals surface area contributed by atoms with Crippen molar-refractivity contribution >= 4 is 65.0 Å². The highest BCUT2D eigenvalue weighted by molar-refractivity contribution is 6.00. The molecule has 2 aliphatic heterocycles. The molecule has 0 saturated carbocycles. The first-order chi connectivity index (χ1) is 35.1. The molecule has 9 unspecified atom stereocenters.